The maximum Gasteiger partial charge on any atom is 0.233 e. The van der Waals surface area contributed by atoms with Gasteiger partial charge in [0.25, 0.3) is 0 Å². The van der Waals surface area contributed by atoms with Gasteiger partial charge < -0.3 is 10.6 Å². The number of nitrogens with zero attached hydrogens (tertiary/aromatic N) is 1. The minimum absolute atomic E-state index is 0.267. The van der Waals surface area contributed by atoms with Crippen molar-refractivity contribution in [3.8, 4) is 0 Å². The van der Waals surface area contributed by atoms with E-state index in [-0.39, 0.29) is 18.8 Å². The first-order valence-electron chi connectivity index (χ1n) is 6.35. The predicted octanol–water partition coefficient (Wildman–Crippen LogP) is 1.87. The Bertz CT molecular complexity index is 615. The van der Waals surface area contributed by atoms with Gasteiger partial charge in [0.1, 0.15) is 12.2 Å². The number of hydrogen-bond donors (Lipinski definition) is 2. The molecule has 1 heterocycles. The Labute approximate surface area is 121 Å². The lowest BCUT2D eigenvalue weighted by molar-refractivity contribution is -0.126. The largest absolute Gasteiger partial charge is 0.350 e. The van der Waals surface area contributed by atoms with E-state index in [0.29, 0.717) is 11.4 Å². The van der Waals surface area contributed by atoms with Crippen LogP contribution in [0, 0.1) is 5.82 Å². The van der Waals surface area contributed by atoms with Gasteiger partial charge in [0.15, 0.2) is 0 Å². The third-order valence-corrected chi connectivity index (χ3v) is 2.64. The second kappa shape index (κ2) is 7.14. The fourth-order valence-corrected chi connectivity index (χ4v) is 1.64. The number of aromatic nitrogens is 1. The Balaban J connectivity index is 1.77. The van der Waals surface area contributed by atoms with E-state index in [1.54, 1.807) is 18.3 Å². The molecule has 0 fully saturated rings. The molecule has 0 aliphatic rings. The van der Waals surface area contributed by atoms with Gasteiger partial charge in [-0.3, -0.25) is 14.6 Å². The quantitative estimate of drug-likeness (QED) is 0.825. The van der Waals surface area contributed by atoms with Crippen LogP contribution < -0.4 is 10.6 Å². The van der Waals surface area contributed by atoms with Gasteiger partial charge >= 0.3 is 0 Å². The molecule has 0 saturated carbocycles. The lowest BCUT2D eigenvalue weighted by atomic mass is 10.3. The van der Waals surface area contributed by atoms with Crippen LogP contribution in [0.1, 0.15) is 12.1 Å². The van der Waals surface area contributed by atoms with Gasteiger partial charge in [-0.2, -0.15) is 0 Å². The lowest BCUT2D eigenvalue weighted by Crippen LogP contribution is -2.28. The van der Waals surface area contributed by atoms with Crippen molar-refractivity contribution in [2.24, 2.45) is 0 Å². The SMILES string of the molecule is O=C(CC(=O)Nc1ccc(F)cc1)NCc1ccccn1. The second-order valence-corrected chi connectivity index (χ2v) is 4.33. The van der Waals surface area contributed by atoms with Crippen LogP contribution in [0.5, 0.6) is 0 Å². The predicted molar refractivity (Wildman–Crippen MR) is 75.7 cm³/mol. The van der Waals surface area contributed by atoms with Crippen LogP contribution in [0.4, 0.5) is 10.1 Å². The zero-order valence-electron chi connectivity index (χ0n) is 11.2. The van der Waals surface area contributed by atoms with E-state index in [0.717, 1.165) is 0 Å². The third-order valence-electron chi connectivity index (χ3n) is 2.64. The molecule has 108 valence electrons. The maximum absolute atomic E-state index is 12.7. The van der Waals surface area contributed by atoms with E-state index in [1.807, 2.05) is 6.07 Å². The number of carbonyl (C=O) groups is 2. The monoisotopic (exact) mass is 287 g/mol. The summed E-state index contributed by atoms with van der Waals surface area (Å²) in [6.07, 6.45) is 1.33. The summed E-state index contributed by atoms with van der Waals surface area (Å²) in [4.78, 5) is 27.3. The first-order chi connectivity index (χ1) is 10.1. The minimum atomic E-state index is -0.458. The summed E-state index contributed by atoms with van der Waals surface area (Å²) in [5.74, 6) is -1.25. The van der Waals surface area contributed by atoms with Crippen LogP contribution in [-0.4, -0.2) is 16.8 Å². The van der Waals surface area contributed by atoms with Gasteiger partial charge in [-0.1, -0.05) is 6.07 Å². The summed E-state index contributed by atoms with van der Waals surface area (Å²) in [6, 6.07) is 10.7. The van der Waals surface area contributed by atoms with Gasteiger partial charge in [0.05, 0.1) is 12.2 Å². The summed E-state index contributed by atoms with van der Waals surface area (Å²) in [5.41, 5.74) is 1.16. The molecule has 2 amide bonds. The van der Waals surface area contributed by atoms with Crippen LogP contribution in [0.3, 0.4) is 0 Å². The number of halogens is 1. The highest BCUT2D eigenvalue weighted by Gasteiger charge is 2.09. The minimum Gasteiger partial charge on any atom is -0.350 e. The first-order valence-corrected chi connectivity index (χ1v) is 6.35. The third kappa shape index (κ3) is 5.02. The highest BCUT2D eigenvalue weighted by atomic mass is 19.1. The molecule has 1 aromatic heterocycles. The molecule has 0 atom stereocenters. The highest BCUT2D eigenvalue weighted by molar-refractivity contribution is 6.03. The first kappa shape index (κ1) is 14.6. The van der Waals surface area contributed by atoms with Crippen molar-refractivity contribution >= 4 is 17.5 Å². The number of nitrogens with one attached hydrogen (secondary N) is 2. The molecule has 0 aliphatic heterocycles. The molecule has 0 saturated heterocycles. The number of amides is 2. The molecule has 2 rings (SSSR count). The molecule has 0 aliphatic carbocycles. The van der Waals surface area contributed by atoms with Crippen molar-refractivity contribution in [2.45, 2.75) is 13.0 Å². The molecule has 21 heavy (non-hydrogen) atoms. The zero-order chi connectivity index (χ0) is 15.1. The summed E-state index contributed by atoms with van der Waals surface area (Å²) in [5, 5.41) is 5.12. The molecule has 2 aromatic rings. The summed E-state index contributed by atoms with van der Waals surface area (Å²) >= 11 is 0. The van der Waals surface area contributed by atoms with Crippen molar-refractivity contribution in [1.29, 1.82) is 0 Å². The summed E-state index contributed by atoms with van der Waals surface area (Å²) < 4.78 is 12.7. The Morgan fingerprint density at radius 1 is 1.05 bits per heavy atom. The maximum atomic E-state index is 12.7. The van der Waals surface area contributed by atoms with Gasteiger partial charge in [0, 0.05) is 11.9 Å². The highest BCUT2D eigenvalue weighted by Crippen LogP contribution is 2.08. The van der Waals surface area contributed by atoms with Crippen LogP contribution in [0.25, 0.3) is 0 Å². The van der Waals surface area contributed by atoms with E-state index >= 15 is 0 Å². The Morgan fingerprint density at radius 2 is 1.81 bits per heavy atom. The lowest BCUT2D eigenvalue weighted by Gasteiger charge is -2.06. The van der Waals surface area contributed by atoms with E-state index in [2.05, 4.69) is 15.6 Å². The van der Waals surface area contributed by atoms with Crippen molar-refractivity contribution in [1.82, 2.24) is 10.3 Å². The average molecular weight is 287 g/mol. The summed E-state index contributed by atoms with van der Waals surface area (Å²) in [6.45, 7) is 0.267. The number of hydrogen-bond acceptors (Lipinski definition) is 3. The fraction of sp³-hybridized carbons (Fsp3) is 0.133. The second-order valence-electron chi connectivity index (χ2n) is 4.33. The number of anilines is 1. The van der Waals surface area contributed by atoms with Gasteiger partial charge in [-0.25, -0.2) is 4.39 Å². The molecule has 0 bridgehead atoms. The van der Waals surface area contributed by atoms with E-state index in [4.69, 9.17) is 0 Å². The molecule has 2 N–H and O–H groups in total. The molecule has 0 spiro atoms. The van der Waals surface area contributed by atoms with Crippen molar-refractivity contribution < 1.29 is 14.0 Å². The molecular formula is C15H14FN3O2. The molecular weight excluding hydrogens is 273 g/mol. The van der Waals surface area contributed by atoms with Crippen LogP contribution in [0.2, 0.25) is 0 Å². The van der Waals surface area contributed by atoms with Gasteiger partial charge in [-0.15, -0.1) is 0 Å². The molecule has 0 unspecified atom stereocenters. The van der Waals surface area contributed by atoms with Crippen LogP contribution >= 0.6 is 0 Å². The van der Waals surface area contributed by atoms with E-state index in [1.165, 1.54) is 24.3 Å². The van der Waals surface area contributed by atoms with E-state index < -0.39 is 11.8 Å². The smallest absolute Gasteiger partial charge is 0.233 e. The van der Waals surface area contributed by atoms with Crippen molar-refractivity contribution in [3.05, 3.63) is 60.2 Å². The number of rotatable bonds is 5. The fourth-order valence-electron chi connectivity index (χ4n) is 1.64. The van der Waals surface area contributed by atoms with Gasteiger partial charge in [-0.05, 0) is 36.4 Å². The standard InChI is InChI=1S/C15H14FN3O2/c16-11-4-6-12(7-5-11)19-15(21)9-14(20)18-10-13-3-1-2-8-17-13/h1-8H,9-10H2,(H,18,20)(H,19,21). The average Bonchev–Trinajstić information content (AvgIpc) is 2.48. The normalized spacial score (nSPS) is 9.95. The van der Waals surface area contributed by atoms with E-state index in [9.17, 15) is 14.0 Å². The molecule has 6 heteroatoms. The van der Waals surface area contributed by atoms with Crippen molar-refractivity contribution in [2.75, 3.05) is 5.32 Å². The molecule has 1 aromatic carbocycles. The number of pyridine rings is 1. The van der Waals surface area contributed by atoms with Crippen LogP contribution in [-0.2, 0) is 16.1 Å². The van der Waals surface area contributed by atoms with Crippen molar-refractivity contribution in [3.63, 3.8) is 0 Å². The number of benzene rings is 1. The molecule has 5 nitrogen and oxygen atoms in total. The Hall–Kier alpha value is -2.76. The Morgan fingerprint density at radius 3 is 2.48 bits per heavy atom. The Kier molecular flexibility index (Phi) is 4.98. The van der Waals surface area contributed by atoms with Gasteiger partial charge in [0.2, 0.25) is 11.8 Å². The molecule has 0 radical (unpaired) electrons. The zero-order valence-corrected chi connectivity index (χ0v) is 11.2. The number of carbonyl (C=O) groups excluding carboxylic acids is 2. The topological polar surface area (TPSA) is 71.1 Å². The summed E-state index contributed by atoms with van der Waals surface area (Å²) in [7, 11) is 0. The van der Waals surface area contributed by atoms with Crippen LogP contribution in [0.15, 0.2) is 48.7 Å².